The lowest BCUT2D eigenvalue weighted by molar-refractivity contribution is 0.657. The molecule has 0 aliphatic rings. The minimum atomic E-state index is 0.388. The van der Waals surface area contributed by atoms with Crippen molar-refractivity contribution >= 4 is 55.9 Å². The Morgan fingerprint density at radius 3 is 2.73 bits per heavy atom. The molecule has 0 radical (unpaired) electrons. The summed E-state index contributed by atoms with van der Waals surface area (Å²) < 4.78 is 5.06. The van der Waals surface area contributed by atoms with Gasteiger partial charge in [-0.3, -0.25) is 0 Å². The van der Waals surface area contributed by atoms with Crippen molar-refractivity contribution in [1.82, 2.24) is 4.98 Å². The van der Waals surface area contributed by atoms with Crippen LogP contribution in [0.5, 0.6) is 5.75 Å². The molecule has 0 spiro atoms. The summed E-state index contributed by atoms with van der Waals surface area (Å²) in [6, 6.07) is 5.32. The highest BCUT2D eigenvalue weighted by Crippen LogP contribution is 2.31. The molecule has 0 amide bonds. The van der Waals surface area contributed by atoms with Gasteiger partial charge in [0.05, 0.1) is 5.02 Å². The van der Waals surface area contributed by atoms with Gasteiger partial charge in [-0.25, -0.2) is 4.98 Å². The maximum absolute atomic E-state index is 5.97. The topological polar surface area (TPSA) is 22.1 Å². The first kappa shape index (κ1) is 11.1. The molecule has 0 fully saturated rings. The second kappa shape index (κ2) is 4.66. The third-order valence-corrected chi connectivity index (χ3v) is 2.94. The molecule has 0 atom stereocenters. The van der Waals surface area contributed by atoms with E-state index in [1.54, 1.807) is 12.1 Å². The summed E-state index contributed by atoms with van der Waals surface area (Å²) in [7, 11) is 5.38. The van der Waals surface area contributed by atoms with E-state index < -0.39 is 0 Å². The normalized spacial score (nSPS) is 10.6. The van der Waals surface area contributed by atoms with Crippen LogP contribution in [0, 0.1) is 0 Å². The fourth-order valence-electron chi connectivity index (χ4n) is 1.24. The molecule has 6 heteroatoms. The Labute approximate surface area is 105 Å². The van der Waals surface area contributed by atoms with E-state index in [0.29, 0.717) is 15.9 Å². The predicted octanol–water partition coefficient (Wildman–Crippen LogP) is 4.72. The highest BCUT2D eigenvalue weighted by molar-refractivity contribution is 8.17. The van der Waals surface area contributed by atoms with E-state index in [9.17, 15) is 0 Å². The summed E-state index contributed by atoms with van der Waals surface area (Å²) in [6.07, 6.45) is 1.52. The standard InChI is InChI=1S/C9H4Cl3NOS/c10-8-4-13-9(11)7-3-5(14-15-12)1-2-6(7)8/h1-4H. The maximum atomic E-state index is 5.97. The summed E-state index contributed by atoms with van der Waals surface area (Å²) in [5, 5.41) is 2.52. The monoisotopic (exact) mass is 279 g/mol. The van der Waals surface area contributed by atoms with E-state index in [0.717, 1.165) is 22.0 Å². The first-order valence-electron chi connectivity index (χ1n) is 3.91. The molecule has 2 nitrogen and oxygen atoms in total. The van der Waals surface area contributed by atoms with Crippen molar-refractivity contribution in [2.24, 2.45) is 0 Å². The van der Waals surface area contributed by atoms with Crippen LogP contribution >= 0.6 is 45.1 Å². The van der Waals surface area contributed by atoms with Crippen LogP contribution in [-0.4, -0.2) is 4.98 Å². The van der Waals surface area contributed by atoms with E-state index in [-0.39, 0.29) is 0 Å². The zero-order chi connectivity index (χ0) is 10.8. The quantitative estimate of drug-likeness (QED) is 0.587. The van der Waals surface area contributed by atoms with E-state index in [2.05, 4.69) is 4.98 Å². The van der Waals surface area contributed by atoms with E-state index in [4.69, 9.17) is 38.1 Å². The minimum Gasteiger partial charge on any atom is -0.409 e. The zero-order valence-electron chi connectivity index (χ0n) is 7.21. The summed E-state index contributed by atoms with van der Waals surface area (Å²) >= 11 is 12.7. The van der Waals surface area contributed by atoms with Crippen LogP contribution in [0.2, 0.25) is 10.2 Å². The number of hydrogen-bond donors (Lipinski definition) is 0. The van der Waals surface area contributed by atoms with Crippen LogP contribution in [0.1, 0.15) is 0 Å². The average Bonchev–Trinajstić information content (AvgIpc) is 2.24. The third kappa shape index (κ3) is 2.26. The van der Waals surface area contributed by atoms with Gasteiger partial charge in [0.2, 0.25) is 0 Å². The SMILES string of the molecule is ClSOc1ccc2c(Cl)cnc(Cl)c2c1. The Morgan fingerprint density at radius 1 is 1.20 bits per heavy atom. The fourth-order valence-corrected chi connectivity index (χ4v) is 2.06. The Balaban J connectivity index is 2.65. The van der Waals surface area contributed by atoms with Gasteiger partial charge >= 0.3 is 0 Å². The van der Waals surface area contributed by atoms with Crippen molar-refractivity contribution < 1.29 is 4.18 Å². The molecular weight excluding hydrogens is 277 g/mol. The lowest BCUT2D eigenvalue weighted by Gasteiger charge is -2.04. The van der Waals surface area contributed by atoms with Crippen LogP contribution in [-0.2, 0) is 0 Å². The molecule has 0 aliphatic heterocycles. The molecule has 0 unspecified atom stereocenters. The predicted molar refractivity (Wildman–Crippen MR) is 65.8 cm³/mol. The van der Waals surface area contributed by atoms with Crippen molar-refractivity contribution in [2.45, 2.75) is 0 Å². The van der Waals surface area contributed by atoms with Crippen molar-refractivity contribution in [3.05, 3.63) is 34.6 Å². The van der Waals surface area contributed by atoms with Crippen LogP contribution in [0.15, 0.2) is 24.4 Å². The van der Waals surface area contributed by atoms with Gasteiger partial charge in [0, 0.05) is 27.7 Å². The highest BCUT2D eigenvalue weighted by atomic mass is 35.7. The molecule has 1 aromatic heterocycles. The van der Waals surface area contributed by atoms with Gasteiger partial charge < -0.3 is 4.18 Å². The number of halogens is 3. The summed E-state index contributed by atoms with van der Waals surface area (Å²) in [6.45, 7) is 0. The van der Waals surface area contributed by atoms with Crippen molar-refractivity contribution in [1.29, 1.82) is 0 Å². The van der Waals surface area contributed by atoms with Gasteiger partial charge in [0.1, 0.15) is 10.9 Å². The largest absolute Gasteiger partial charge is 0.409 e. The molecule has 1 aromatic carbocycles. The van der Waals surface area contributed by atoms with Gasteiger partial charge in [-0.05, 0) is 18.2 Å². The Bertz CT molecular complexity index is 506. The zero-order valence-corrected chi connectivity index (χ0v) is 10.3. The van der Waals surface area contributed by atoms with Gasteiger partial charge in [0.25, 0.3) is 0 Å². The van der Waals surface area contributed by atoms with Crippen molar-refractivity contribution in [3.8, 4) is 5.75 Å². The number of aromatic nitrogens is 1. The Hall–Kier alpha value is -0.350. The van der Waals surface area contributed by atoms with E-state index in [1.807, 2.05) is 6.07 Å². The van der Waals surface area contributed by atoms with E-state index >= 15 is 0 Å². The molecule has 0 bridgehead atoms. The minimum absolute atomic E-state index is 0.388. The molecule has 0 N–H and O–H groups in total. The van der Waals surface area contributed by atoms with Crippen LogP contribution in [0.3, 0.4) is 0 Å². The molecule has 78 valence electrons. The molecule has 15 heavy (non-hydrogen) atoms. The lowest BCUT2D eigenvalue weighted by Crippen LogP contribution is -1.83. The fraction of sp³-hybridized carbons (Fsp3) is 0. The second-order valence-electron chi connectivity index (χ2n) is 2.75. The first-order chi connectivity index (χ1) is 7.22. The third-order valence-electron chi connectivity index (χ3n) is 1.89. The summed E-state index contributed by atoms with van der Waals surface area (Å²) in [5.74, 6) is 0.605. The molecule has 0 saturated heterocycles. The molecule has 0 aliphatic carbocycles. The smallest absolute Gasteiger partial charge is 0.166 e. The van der Waals surface area contributed by atoms with Crippen molar-refractivity contribution in [3.63, 3.8) is 0 Å². The number of hydrogen-bond acceptors (Lipinski definition) is 3. The number of fused-ring (bicyclic) bond motifs is 1. The average molecular weight is 281 g/mol. The summed E-state index contributed by atoms with van der Waals surface area (Å²) in [4.78, 5) is 3.95. The van der Waals surface area contributed by atoms with Crippen LogP contribution in [0.25, 0.3) is 10.8 Å². The lowest BCUT2D eigenvalue weighted by atomic mass is 10.2. The molecule has 2 aromatic rings. The number of pyridine rings is 1. The van der Waals surface area contributed by atoms with Gasteiger partial charge in [0.15, 0.2) is 11.3 Å². The molecule has 1 heterocycles. The first-order valence-corrected chi connectivity index (χ1v) is 6.24. The number of rotatable bonds is 2. The van der Waals surface area contributed by atoms with E-state index in [1.165, 1.54) is 6.20 Å². The van der Waals surface area contributed by atoms with Crippen LogP contribution in [0.4, 0.5) is 0 Å². The van der Waals surface area contributed by atoms with Gasteiger partial charge in [-0.1, -0.05) is 23.2 Å². The van der Waals surface area contributed by atoms with Gasteiger partial charge in [-0.15, -0.1) is 0 Å². The van der Waals surface area contributed by atoms with Gasteiger partial charge in [-0.2, -0.15) is 0 Å². The van der Waals surface area contributed by atoms with Crippen molar-refractivity contribution in [2.75, 3.05) is 0 Å². The molecular formula is C9H4Cl3NOS. The number of nitrogens with zero attached hydrogens (tertiary/aromatic N) is 1. The molecule has 2 rings (SSSR count). The maximum Gasteiger partial charge on any atom is 0.166 e. The second-order valence-corrected chi connectivity index (χ2v) is 4.19. The Morgan fingerprint density at radius 2 is 2.00 bits per heavy atom. The number of benzene rings is 1. The summed E-state index contributed by atoms with van der Waals surface area (Å²) in [5.41, 5.74) is 0. The molecule has 0 saturated carbocycles. The Kier molecular flexibility index (Phi) is 3.46. The van der Waals surface area contributed by atoms with Crippen LogP contribution < -0.4 is 4.18 Å². The highest BCUT2D eigenvalue weighted by Gasteiger charge is 2.06.